The molecule has 0 atom stereocenters. The van der Waals surface area contributed by atoms with E-state index in [0.29, 0.717) is 13.1 Å². The second-order valence-corrected chi connectivity index (χ2v) is 2.13. The first-order valence-electron chi connectivity index (χ1n) is 3.26. The molecule has 1 rings (SSSR count). The van der Waals surface area contributed by atoms with Crippen molar-refractivity contribution in [3.8, 4) is 0 Å². The lowest BCUT2D eigenvalue weighted by molar-refractivity contribution is 1.02. The molecule has 0 saturated carbocycles. The fourth-order valence-electron chi connectivity index (χ4n) is 0.814. The molecular weight excluding hydrogens is 124 g/mol. The third-order valence-corrected chi connectivity index (χ3v) is 1.38. The average molecular weight is 135 g/mol. The first kappa shape index (κ1) is 7.25. The van der Waals surface area contributed by atoms with Crippen LogP contribution in [-0.2, 0) is 13.1 Å². The first-order chi connectivity index (χ1) is 4.86. The van der Waals surface area contributed by atoms with E-state index >= 15 is 0 Å². The van der Waals surface area contributed by atoms with Gasteiger partial charge in [-0.25, -0.2) is 0 Å². The Balaban J connectivity index is 2.87. The van der Waals surface area contributed by atoms with Gasteiger partial charge in [-0.2, -0.15) is 0 Å². The average Bonchev–Trinajstić information content (AvgIpc) is 2.05. The summed E-state index contributed by atoms with van der Waals surface area (Å²) in [7, 11) is 0. The largest absolute Gasteiger partial charge is 0.326 e. The van der Waals surface area contributed by atoms with E-state index in [-0.39, 0.29) is 0 Å². The molecule has 0 fully saturated rings. The number of hydrogen-bond acceptors (Lipinski definition) is 2. The summed E-state index contributed by atoms with van der Waals surface area (Å²) >= 11 is 0. The smallest absolute Gasteiger partial charge is 0.0184 e. The van der Waals surface area contributed by atoms with Crippen molar-refractivity contribution < 1.29 is 0 Å². The molecule has 1 aromatic rings. The molecule has 2 heteroatoms. The molecule has 10 heavy (non-hydrogen) atoms. The molecule has 0 aliphatic heterocycles. The van der Waals surface area contributed by atoms with Crippen LogP contribution in [0.4, 0.5) is 0 Å². The van der Waals surface area contributed by atoms with Crippen molar-refractivity contribution in [2.45, 2.75) is 13.1 Å². The van der Waals surface area contributed by atoms with Crippen LogP contribution < -0.4 is 11.5 Å². The van der Waals surface area contributed by atoms with Gasteiger partial charge in [-0.1, -0.05) is 18.2 Å². The normalized spacial score (nSPS) is 9.80. The highest BCUT2D eigenvalue weighted by Crippen LogP contribution is 2.01. The summed E-state index contributed by atoms with van der Waals surface area (Å²) in [5, 5.41) is 0. The van der Waals surface area contributed by atoms with E-state index in [9.17, 15) is 0 Å². The monoisotopic (exact) mass is 135 g/mol. The topological polar surface area (TPSA) is 52.0 Å². The van der Waals surface area contributed by atoms with Crippen LogP contribution in [0, 0.1) is 6.07 Å². The van der Waals surface area contributed by atoms with E-state index in [1.54, 1.807) is 0 Å². The fraction of sp³-hybridized carbons (Fsp3) is 0.250. The van der Waals surface area contributed by atoms with Gasteiger partial charge in [0, 0.05) is 13.1 Å². The second-order valence-electron chi connectivity index (χ2n) is 2.13. The summed E-state index contributed by atoms with van der Waals surface area (Å²) in [4.78, 5) is 0. The summed E-state index contributed by atoms with van der Waals surface area (Å²) in [6.45, 7) is 1.11. The van der Waals surface area contributed by atoms with Gasteiger partial charge in [-0.05, 0) is 17.2 Å². The molecule has 2 nitrogen and oxygen atoms in total. The zero-order valence-electron chi connectivity index (χ0n) is 5.80. The molecule has 1 radical (unpaired) electrons. The Hall–Kier alpha value is -0.860. The van der Waals surface area contributed by atoms with Gasteiger partial charge in [0.15, 0.2) is 0 Å². The summed E-state index contributed by atoms with van der Waals surface area (Å²) < 4.78 is 0. The lowest BCUT2D eigenvalue weighted by atomic mass is 10.1. The van der Waals surface area contributed by atoms with Crippen molar-refractivity contribution in [2.24, 2.45) is 11.5 Å². The molecule has 0 heterocycles. The molecule has 0 saturated heterocycles. The van der Waals surface area contributed by atoms with Crippen molar-refractivity contribution in [2.75, 3.05) is 0 Å². The third-order valence-electron chi connectivity index (χ3n) is 1.38. The van der Waals surface area contributed by atoms with Crippen LogP contribution in [0.5, 0.6) is 0 Å². The highest BCUT2D eigenvalue weighted by molar-refractivity contribution is 5.21. The molecule has 4 N–H and O–H groups in total. The Labute approximate surface area is 60.8 Å². The number of benzene rings is 1. The maximum atomic E-state index is 5.42. The van der Waals surface area contributed by atoms with Gasteiger partial charge < -0.3 is 11.5 Å². The molecule has 0 aliphatic carbocycles. The highest BCUT2D eigenvalue weighted by atomic mass is 14.5. The zero-order chi connectivity index (χ0) is 7.40. The fourth-order valence-corrected chi connectivity index (χ4v) is 0.814. The Morgan fingerprint density at radius 1 is 1.30 bits per heavy atom. The maximum Gasteiger partial charge on any atom is 0.0184 e. The molecule has 0 aromatic heterocycles. The van der Waals surface area contributed by atoms with Crippen LogP contribution in [0.2, 0.25) is 0 Å². The maximum absolute atomic E-state index is 5.42. The lowest BCUT2D eigenvalue weighted by Crippen LogP contribution is -2.00. The minimum atomic E-state index is 0.536. The van der Waals surface area contributed by atoms with Crippen LogP contribution in [0.25, 0.3) is 0 Å². The van der Waals surface area contributed by atoms with Gasteiger partial charge in [0.2, 0.25) is 0 Å². The van der Waals surface area contributed by atoms with Crippen LogP contribution in [0.15, 0.2) is 18.2 Å². The molecule has 53 valence electrons. The van der Waals surface area contributed by atoms with Gasteiger partial charge >= 0.3 is 0 Å². The Kier molecular flexibility index (Phi) is 2.42. The van der Waals surface area contributed by atoms with Gasteiger partial charge in [-0.15, -0.1) is 0 Å². The van der Waals surface area contributed by atoms with Gasteiger partial charge in [0.05, 0.1) is 0 Å². The number of hydrogen-bond donors (Lipinski definition) is 2. The summed E-state index contributed by atoms with van der Waals surface area (Å²) in [5.41, 5.74) is 12.9. The van der Waals surface area contributed by atoms with Crippen LogP contribution in [-0.4, -0.2) is 0 Å². The minimum Gasteiger partial charge on any atom is -0.326 e. The molecule has 0 spiro atoms. The molecule has 0 unspecified atom stereocenters. The minimum absolute atomic E-state index is 0.536. The first-order valence-corrected chi connectivity index (χ1v) is 3.26. The van der Waals surface area contributed by atoms with Crippen LogP contribution >= 0.6 is 0 Å². The number of nitrogens with two attached hydrogens (primary N) is 2. The van der Waals surface area contributed by atoms with Crippen LogP contribution in [0.3, 0.4) is 0 Å². The number of rotatable bonds is 2. The molecule has 0 amide bonds. The van der Waals surface area contributed by atoms with Crippen molar-refractivity contribution >= 4 is 0 Å². The van der Waals surface area contributed by atoms with E-state index in [4.69, 9.17) is 11.5 Å². The highest BCUT2D eigenvalue weighted by Gasteiger charge is 1.90. The lowest BCUT2D eigenvalue weighted by Gasteiger charge is -1.98. The SMILES string of the molecule is NCc1[c]ccc(CN)c1. The molecule has 0 aliphatic rings. The third kappa shape index (κ3) is 1.56. The van der Waals surface area contributed by atoms with Gasteiger partial charge in [0.1, 0.15) is 0 Å². The molecule has 1 aromatic carbocycles. The zero-order valence-corrected chi connectivity index (χ0v) is 5.80. The van der Waals surface area contributed by atoms with E-state index in [0.717, 1.165) is 11.1 Å². The van der Waals surface area contributed by atoms with Crippen molar-refractivity contribution in [3.63, 3.8) is 0 Å². The predicted molar refractivity (Wildman–Crippen MR) is 41.1 cm³/mol. The standard InChI is InChI=1S/C8H11N2/c9-5-7-2-1-3-8(4-7)6-10/h1-2,4H,5-6,9-10H2. The Bertz CT molecular complexity index is 189. The summed E-state index contributed by atoms with van der Waals surface area (Å²) in [6, 6.07) is 8.78. The van der Waals surface area contributed by atoms with E-state index in [1.165, 1.54) is 0 Å². The Morgan fingerprint density at radius 2 is 2.10 bits per heavy atom. The Morgan fingerprint density at radius 3 is 2.70 bits per heavy atom. The predicted octanol–water partition coefficient (Wildman–Crippen LogP) is 0.404. The molecule has 0 bridgehead atoms. The van der Waals surface area contributed by atoms with E-state index in [1.807, 2.05) is 18.2 Å². The quantitative estimate of drug-likeness (QED) is 0.617. The van der Waals surface area contributed by atoms with Crippen molar-refractivity contribution in [1.82, 2.24) is 0 Å². The summed E-state index contributed by atoms with van der Waals surface area (Å²) in [5.74, 6) is 0. The van der Waals surface area contributed by atoms with Gasteiger partial charge in [0.25, 0.3) is 0 Å². The van der Waals surface area contributed by atoms with E-state index in [2.05, 4.69) is 6.07 Å². The van der Waals surface area contributed by atoms with E-state index < -0.39 is 0 Å². The summed E-state index contributed by atoms with van der Waals surface area (Å²) in [6.07, 6.45) is 0. The van der Waals surface area contributed by atoms with Crippen molar-refractivity contribution in [3.05, 3.63) is 35.4 Å². The van der Waals surface area contributed by atoms with Crippen molar-refractivity contribution in [1.29, 1.82) is 0 Å². The second kappa shape index (κ2) is 3.34. The van der Waals surface area contributed by atoms with Gasteiger partial charge in [-0.3, -0.25) is 0 Å². The van der Waals surface area contributed by atoms with Crippen LogP contribution in [0.1, 0.15) is 11.1 Å². The molecular formula is C8H11N2.